The van der Waals surface area contributed by atoms with E-state index >= 15 is 0 Å². The molecule has 0 unspecified atom stereocenters. The number of alkyl halides is 9. The van der Waals surface area contributed by atoms with E-state index in [1.807, 2.05) is 72.8 Å². The van der Waals surface area contributed by atoms with E-state index in [1.165, 1.54) is 29.5 Å². The fraction of sp³-hybridized carbons (Fsp3) is 0.182. The first-order chi connectivity index (χ1) is 37.4. The van der Waals surface area contributed by atoms with Crippen LogP contribution in [0.4, 0.5) is 39.5 Å². The minimum absolute atomic E-state index is 0.495. The Labute approximate surface area is 447 Å². The number of fused-ring (bicyclic) bond motifs is 3. The maximum absolute atomic E-state index is 12.1. The molecule has 0 fully saturated rings. The quantitative estimate of drug-likeness (QED) is 0.106. The third kappa shape index (κ3) is 16.9. The van der Waals surface area contributed by atoms with Gasteiger partial charge in [0.1, 0.15) is 18.3 Å². The highest BCUT2D eigenvalue weighted by Gasteiger charge is 2.31. The van der Waals surface area contributed by atoms with E-state index in [0.717, 1.165) is 91.4 Å². The van der Waals surface area contributed by atoms with E-state index < -0.39 is 19.1 Å². The Hall–Kier alpha value is -8.79. The number of ether oxygens (including phenoxy) is 3. The predicted molar refractivity (Wildman–Crippen MR) is 292 cm³/mol. The minimum Gasteiger partial charge on any atom is -0.352 e. The zero-order valence-corrected chi connectivity index (χ0v) is 42.7. The van der Waals surface area contributed by atoms with E-state index in [4.69, 9.17) is 0 Å². The lowest BCUT2D eigenvalue weighted by Gasteiger charge is -2.07. The molecule has 0 aliphatic carbocycles. The Bertz CT molecular complexity index is 3660. The van der Waals surface area contributed by atoms with Crippen molar-refractivity contribution in [3.63, 3.8) is 0 Å². The van der Waals surface area contributed by atoms with Crippen molar-refractivity contribution >= 4 is 32.3 Å². The minimum atomic E-state index is -4.76. The van der Waals surface area contributed by atoms with E-state index in [1.54, 1.807) is 54.7 Å². The molecule has 12 heteroatoms. The van der Waals surface area contributed by atoms with Gasteiger partial charge in [0.25, 0.3) is 0 Å². The Balaban J connectivity index is 0.000000170. The topological polar surface area (TPSA) is 27.7 Å². The van der Waals surface area contributed by atoms with Gasteiger partial charge in [0, 0.05) is 16.7 Å². The van der Waals surface area contributed by atoms with Gasteiger partial charge in [-0.1, -0.05) is 179 Å². The molecule has 0 radical (unpaired) electrons. The summed E-state index contributed by atoms with van der Waals surface area (Å²) < 4.78 is 119. The third-order valence-corrected chi connectivity index (χ3v) is 12.3. The van der Waals surface area contributed by atoms with Crippen LogP contribution in [0.2, 0.25) is 0 Å². The monoisotopic (exact) mass is 1060 g/mol. The SMILES string of the molecule is CCCCc1ccc(-c2ccc3c(C#COC(F)(F)F)cccc3c2)cc1.CCCc1ccc(-c2ccc3c(C#COC(F)(F)F)cccc3c2)cc1.CCc1ccc(-c2ccc3c(C#COC(F)(F)F)cccc3c2)cc1. The fourth-order valence-electron chi connectivity index (χ4n) is 8.46. The lowest BCUT2D eigenvalue weighted by molar-refractivity contribution is -0.292. The molecule has 0 spiro atoms. The Morgan fingerprint density at radius 2 is 0.641 bits per heavy atom. The summed E-state index contributed by atoms with van der Waals surface area (Å²) in [6.45, 7) is 6.44. The predicted octanol–water partition coefficient (Wildman–Crippen LogP) is 18.9. The first-order valence-corrected chi connectivity index (χ1v) is 25.0. The molecule has 0 bridgehead atoms. The number of rotatable bonds is 9. The standard InChI is InChI=1S/C23H19F3O.C22H17F3O.C21H15F3O/c1-2-3-5-17-8-10-18(11-9-17)20-12-13-22-19(6-4-7-21(22)16-20)14-15-27-23(24,25)26;1-2-4-16-7-9-17(10-8-16)19-11-12-21-18(5-3-6-20(21)15-19)13-14-26-22(23,24)25;1-2-15-6-8-16(9-7-15)18-10-11-20-17(4-3-5-19(20)14-18)12-13-25-21(22,23)24/h4,6-13,16H,2-3,5H2,1H3;3,5-12,15H,2,4H2,1H3;3-11,14H,2H2,1H3. The van der Waals surface area contributed by atoms with Crippen molar-refractivity contribution in [1.82, 2.24) is 0 Å². The molecule has 0 atom stereocenters. The van der Waals surface area contributed by atoms with Crippen molar-refractivity contribution in [3.05, 3.63) is 215 Å². The maximum atomic E-state index is 12.1. The summed E-state index contributed by atoms with van der Waals surface area (Å²) in [6, 6.07) is 58.9. The van der Waals surface area contributed by atoms with Crippen LogP contribution in [0.3, 0.4) is 0 Å². The van der Waals surface area contributed by atoms with Gasteiger partial charge in [-0.2, -0.15) is 0 Å². The lowest BCUT2D eigenvalue weighted by Crippen LogP contribution is -2.08. The highest BCUT2D eigenvalue weighted by Crippen LogP contribution is 2.31. The van der Waals surface area contributed by atoms with Gasteiger partial charge >= 0.3 is 19.1 Å². The summed E-state index contributed by atoms with van der Waals surface area (Å²) in [7, 11) is 0. The van der Waals surface area contributed by atoms with Crippen LogP contribution in [0.1, 0.15) is 73.4 Å². The molecule has 0 heterocycles. The maximum Gasteiger partial charge on any atom is 0.581 e. The zero-order valence-electron chi connectivity index (χ0n) is 42.7. The average Bonchev–Trinajstić information content (AvgIpc) is 3.45. The Morgan fingerprint density at radius 3 is 0.936 bits per heavy atom. The molecule has 0 amide bonds. The molecule has 9 aromatic rings. The Morgan fingerprint density at radius 1 is 0.333 bits per heavy atom. The summed E-state index contributed by atoms with van der Waals surface area (Å²) in [5.74, 6) is 7.30. The third-order valence-electron chi connectivity index (χ3n) is 12.3. The van der Waals surface area contributed by atoms with Gasteiger partial charge in [-0.25, -0.2) is 0 Å². The van der Waals surface area contributed by atoms with Gasteiger partial charge in [0.15, 0.2) is 0 Å². The Kier molecular flexibility index (Phi) is 19.2. The average molecular weight is 1060 g/mol. The van der Waals surface area contributed by atoms with Crippen molar-refractivity contribution in [2.45, 2.75) is 78.4 Å². The molecular formula is C66H51F9O3. The molecule has 9 rings (SSSR count). The summed E-state index contributed by atoms with van der Waals surface area (Å²) in [6.07, 6.45) is -2.52. The summed E-state index contributed by atoms with van der Waals surface area (Å²) in [5.41, 5.74) is 11.8. The number of aryl methyl sites for hydroxylation is 3. The molecule has 0 saturated heterocycles. The summed E-state index contributed by atoms with van der Waals surface area (Å²) >= 11 is 0. The van der Waals surface area contributed by atoms with Crippen LogP contribution in [0.15, 0.2) is 182 Å². The number of unbranched alkanes of at least 4 members (excludes halogenated alkanes) is 1. The van der Waals surface area contributed by atoms with Crippen molar-refractivity contribution in [1.29, 1.82) is 0 Å². The second kappa shape index (κ2) is 26.3. The van der Waals surface area contributed by atoms with Crippen LogP contribution in [-0.4, -0.2) is 19.1 Å². The molecule has 0 N–H and O–H groups in total. The summed E-state index contributed by atoms with van der Waals surface area (Å²) in [4.78, 5) is 0. The van der Waals surface area contributed by atoms with Crippen LogP contribution in [0.5, 0.6) is 0 Å². The van der Waals surface area contributed by atoms with E-state index in [9.17, 15) is 39.5 Å². The number of halogens is 9. The van der Waals surface area contributed by atoms with Crippen molar-refractivity contribution in [2.24, 2.45) is 0 Å². The van der Waals surface area contributed by atoms with Crippen molar-refractivity contribution < 1.29 is 53.7 Å². The molecule has 0 aliphatic rings. The van der Waals surface area contributed by atoms with Crippen LogP contribution < -0.4 is 0 Å². The van der Waals surface area contributed by atoms with Crippen LogP contribution >= 0.6 is 0 Å². The first-order valence-electron chi connectivity index (χ1n) is 25.0. The van der Waals surface area contributed by atoms with E-state index in [2.05, 4.69) is 126 Å². The van der Waals surface area contributed by atoms with Crippen LogP contribution in [0.25, 0.3) is 65.7 Å². The number of hydrogen-bond donors (Lipinski definition) is 0. The van der Waals surface area contributed by atoms with Gasteiger partial charge in [-0.15, -0.1) is 39.5 Å². The molecule has 9 aromatic carbocycles. The molecule has 0 aliphatic heterocycles. The second-order valence-corrected chi connectivity index (χ2v) is 17.8. The number of hydrogen-bond acceptors (Lipinski definition) is 3. The first kappa shape index (κ1) is 56.9. The number of benzene rings is 9. The zero-order chi connectivity index (χ0) is 55.7. The van der Waals surface area contributed by atoms with Gasteiger partial charge in [-0.3, -0.25) is 0 Å². The smallest absolute Gasteiger partial charge is 0.352 e. The second-order valence-electron chi connectivity index (χ2n) is 17.8. The van der Waals surface area contributed by atoms with Crippen LogP contribution in [0, 0.1) is 36.1 Å². The summed E-state index contributed by atoms with van der Waals surface area (Å²) in [5, 5.41) is 5.11. The van der Waals surface area contributed by atoms with Gasteiger partial charge < -0.3 is 14.2 Å². The molecule has 396 valence electrons. The van der Waals surface area contributed by atoms with Crippen molar-refractivity contribution in [2.75, 3.05) is 0 Å². The molecular weight excluding hydrogens is 1010 g/mol. The highest BCUT2D eigenvalue weighted by molar-refractivity contribution is 5.94. The van der Waals surface area contributed by atoms with E-state index in [-0.39, 0.29) is 0 Å². The largest absolute Gasteiger partial charge is 0.581 e. The van der Waals surface area contributed by atoms with Crippen molar-refractivity contribution in [3.8, 4) is 69.5 Å². The van der Waals surface area contributed by atoms with Gasteiger partial charge in [0.05, 0.1) is 0 Å². The molecule has 3 nitrogen and oxygen atoms in total. The van der Waals surface area contributed by atoms with E-state index in [0.29, 0.717) is 16.7 Å². The highest BCUT2D eigenvalue weighted by atomic mass is 19.4. The van der Waals surface area contributed by atoms with Crippen LogP contribution in [-0.2, 0) is 33.5 Å². The molecule has 78 heavy (non-hydrogen) atoms. The lowest BCUT2D eigenvalue weighted by atomic mass is 9.97. The van der Waals surface area contributed by atoms with Gasteiger partial charge in [-0.05, 0) is 162 Å². The molecule has 0 aromatic heterocycles. The normalized spacial score (nSPS) is 11.1. The van der Waals surface area contributed by atoms with Gasteiger partial charge in [0.2, 0.25) is 0 Å². The molecule has 0 saturated carbocycles. The fourth-order valence-corrected chi connectivity index (χ4v) is 8.46.